The minimum absolute atomic E-state index is 0.257. The second-order valence-electron chi connectivity index (χ2n) is 5.03. The van der Waals surface area contributed by atoms with Crippen LogP contribution in [0, 0.1) is 12.7 Å². The van der Waals surface area contributed by atoms with Crippen LogP contribution in [0.4, 0.5) is 4.39 Å². The molecule has 0 spiro atoms. The first kappa shape index (κ1) is 13.5. The van der Waals surface area contributed by atoms with E-state index in [1.807, 2.05) is 6.92 Å². The summed E-state index contributed by atoms with van der Waals surface area (Å²) in [6.07, 6.45) is 2.56. The minimum Gasteiger partial charge on any atom is -0.494 e. The fraction of sp³-hybridized carbons (Fsp3) is 0.400. The Morgan fingerprint density at radius 2 is 2.25 bits per heavy atom. The van der Waals surface area contributed by atoms with Crippen LogP contribution in [0.3, 0.4) is 0 Å². The minimum atomic E-state index is -0.347. The van der Waals surface area contributed by atoms with Gasteiger partial charge >= 0.3 is 0 Å². The topological polar surface area (TPSA) is 34.1 Å². The average molecular weight is 292 g/mol. The summed E-state index contributed by atoms with van der Waals surface area (Å²) >= 11 is 1.66. The van der Waals surface area contributed by atoms with Crippen LogP contribution in [-0.4, -0.2) is 18.1 Å². The molecule has 1 aliphatic rings. The predicted molar refractivity (Wildman–Crippen MR) is 78.7 cm³/mol. The van der Waals surface area contributed by atoms with Gasteiger partial charge in [-0.05, 0) is 38.0 Å². The zero-order chi connectivity index (χ0) is 14.1. The van der Waals surface area contributed by atoms with E-state index in [4.69, 9.17) is 4.74 Å². The number of rotatable bonds is 5. The summed E-state index contributed by atoms with van der Waals surface area (Å²) in [5, 5.41) is 4.41. The molecule has 0 radical (unpaired) electrons. The van der Waals surface area contributed by atoms with Gasteiger partial charge in [-0.25, -0.2) is 9.37 Å². The molecule has 1 aliphatic carbocycles. The summed E-state index contributed by atoms with van der Waals surface area (Å²) in [5.41, 5.74) is 1.94. The second-order valence-corrected chi connectivity index (χ2v) is 6.12. The monoisotopic (exact) mass is 292 g/mol. The van der Waals surface area contributed by atoms with Crippen molar-refractivity contribution >= 4 is 11.3 Å². The number of aryl methyl sites for hydroxylation is 1. The third kappa shape index (κ3) is 2.83. The van der Waals surface area contributed by atoms with Crippen molar-refractivity contribution in [1.29, 1.82) is 0 Å². The van der Waals surface area contributed by atoms with Gasteiger partial charge in [-0.15, -0.1) is 11.3 Å². The van der Waals surface area contributed by atoms with Gasteiger partial charge in [0.05, 0.1) is 12.8 Å². The molecule has 5 heteroatoms. The lowest BCUT2D eigenvalue weighted by Gasteiger charge is -2.03. The van der Waals surface area contributed by atoms with E-state index in [9.17, 15) is 4.39 Å². The van der Waals surface area contributed by atoms with Gasteiger partial charge < -0.3 is 10.1 Å². The van der Waals surface area contributed by atoms with Crippen molar-refractivity contribution in [2.24, 2.45) is 0 Å². The van der Waals surface area contributed by atoms with E-state index in [1.54, 1.807) is 23.5 Å². The number of hydrogen-bond acceptors (Lipinski definition) is 4. The molecule has 20 heavy (non-hydrogen) atoms. The van der Waals surface area contributed by atoms with Crippen molar-refractivity contribution < 1.29 is 9.13 Å². The van der Waals surface area contributed by atoms with Gasteiger partial charge in [0.1, 0.15) is 5.01 Å². The maximum absolute atomic E-state index is 13.4. The number of halogens is 1. The smallest absolute Gasteiger partial charge is 0.165 e. The SMILES string of the molecule is COc1cc(-c2nc(C)c(CNC3CC3)s2)ccc1F. The molecule has 1 aromatic heterocycles. The predicted octanol–water partition coefficient (Wildman–Crippen LogP) is 3.52. The van der Waals surface area contributed by atoms with Crippen molar-refractivity contribution in [3.8, 4) is 16.3 Å². The zero-order valence-corrected chi connectivity index (χ0v) is 12.4. The molecule has 3 rings (SSSR count). The molecular weight excluding hydrogens is 275 g/mol. The van der Waals surface area contributed by atoms with Crippen LogP contribution in [0.15, 0.2) is 18.2 Å². The van der Waals surface area contributed by atoms with E-state index < -0.39 is 0 Å². The molecule has 0 amide bonds. The van der Waals surface area contributed by atoms with Crippen molar-refractivity contribution in [2.45, 2.75) is 32.4 Å². The number of nitrogens with zero attached hydrogens (tertiary/aromatic N) is 1. The normalized spacial score (nSPS) is 14.6. The van der Waals surface area contributed by atoms with Crippen LogP contribution < -0.4 is 10.1 Å². The Hall–Kier alpha value is -1.46. The van der Waals surface area contributed by atoms with Crippen LogP contribution in [0.5, 0.6) is 5.75 Å². The van der Waals surface area contributed by atoms with E-state index in [0.717, 1.165) is 22.8 Å². The van der Waals surface area contributed by atoms with E-state index >= 15 is 0 Å². The summed E-state index contributed by atoms with van der Waals surface area (Å²) < 4.78 is 18.5. The van der Waals surface area contributed by atoms with Crippen LogP contribution in [0.25, 0.3) is 10.6 Å². The van der Waals surface area contributed by atoms with E-state index in [-0.39, 0.29) is 11.6 Å². The standard InChI is InChI=1S/C15H17FN2OS/c1-9-14(8-17-11-4-5-11)20-15(18-9)10-3-6-12(16)13(7-10)19-2/h3,6-7,11,17H,4-5,8H2,1-2H3. The van der Waals surface area contributed by atoms with Crippen LogP contribution in [0.1, 0.15) is 23.4 Å². The third-order valence-corrected chi connectivity index (χ3v) is 4.63. The maximum atomic E-state index is 13.4. The number of benzene rings is 1. The molecule has 1 aromatic carbocycles. The summed E-state index contributed by atoms with van der Waals surface area (Å²) in [7, 11) is 1.47. The fourth-order valence-electron chi connectivity index (χ4n) is 2.03. The second kappa shape index (κ2) is 5.50. The summed E-state index contributed by atoms with van der Waals surface area (Å²) in [6.45, 7) is 2.89. The Morgan fingerprint density at radius 3 is 2.95 bits per heavy atom. The number of methoxy groups -OCH3 is 1. The lowest BCUT2D eigenvalue weighted by molar-refractivity contribution is 0.387. The molecular formula is C15H17FN2OS. The molecule has 0 atom stereocenters. The highest BCUT2D eigenvalue weighted by molar-refractivity contribution is 7.15. The first-order valence-corrected chi connectivity index (χ1v) is 7.52. The molecule has 1 saturated carbocycles. The van der Waals surface area contributed by atoms with Crippen molar-refractivity contribution in [1.82, 2.24) is 10.3 Å². The van der Waals surface area contributed by atoms with Crippen molar-refractivity contribution in [3.05, 3.63) is 34.6 Å². The van der Waals surface area contributed by atoms with E-state index in [0.29, 0.717) is 6.04 Å². The fourth-order valence-corrected chi connectivity index (χ4v) is 3.04. The van der Waals surface area contributed by atoms with Gasteiger partial charge in [0.15, 0.2) is 11.6 Å². The molecule has 0 aliphatic heterocycles. The largest absolute Gasteiger partial charge is 0.494 e. The van der Waals surface area contributed by atoms with Crippen molar-refractivity contribution in [2.75, 3.05) is 7.11 Å². The number of hydrogen-bond donors (Lipinski definition) is 1. The molecule has 1 fully saturated rings. The van der Waals surface area contributed by atoms with Gasteiger partial charge in [-0.1, -0.05) is 0 Å². The molecule has 0 saturated heterocycles. The van der Waals surface area contributed by atoms with Crippen LogP contribution in [0.2, 0.25) is 0 Å². The highest BCUT2D eigenvalue weighted by Gasteiger charge is 2.21. The number of ether oxygens (including phenoxy) is 1. The number of nitrogens with one attached hydrogen (secondary N) is 1. The highest BCUT2D eigenvalue weighted by Crippen LogP contribution is 2.31. The van der Waals surface area contributed by atoms with E-state index in [1.165, 1.54) is 30.9 Å². The Balaban J connectivity index is 1.83. The highest BCUT2D eigenvalue weighted by atomic mass is 32.1. The molecule has 3 nitrogen and oxygen atoms in total. The first-order valence-electron chi connectivity index (χ1n) is 6.71. The summed E-state index contributed by atoms with van der Waals surface area (Å²) in [5.74, 6) is -0.0897. The van der Waals surface area contributed by atoms with Crippen LogP contribution in [-0.2, 0) is 6.54 Å². The third-order valence-electron chi connectivity index (χ3n) is 3.42. The average Bonchev–Trinajstić information content (AvgIpc) is 3.20. The number of thiazole rings is 1. The molecule has 106 valence electrons. The first-order chi connectivity index (χ1) is 9.67. The Bertz CT molecular complexity index is 622. The van der Waals surface area contributed by atoms with Gasteiger partial charge in [0.2, 0.25) is 0 Å². The van der Waals surface area contributed by atoms with Gasteiger partial charge in [0.25, 0.3) is 0 Å². The molecule has 0 bridgehead atoms. The maximum Gasteiger partial charge on any atom is 0.165 e. The quantitative estimate of drug-likeness (QED) is 0.915. The zero-order valence-electron chi connectivity index (χ0n) is 11.6. The Morgan fingerprint density at radius 1 is 1.45 bits per heavy atom. The van der Waals surface area contributed by atoms with Gasteiger partial charge in [-0.2, -0.15) is 0 Å². The lowest BCUT2D eigenvalue weighted by Crippen LogP contribution is -2.14. The summed E-state index contributed by atoms with van der Waals surface area (Å²) in [6, 6.07) is 5.55. The molecule has 1 heterocycles. The molecule has 1 N–H and O–H groups in total. The van der Waals surface area contributed by atoms with Gasteiger partial charge in [-0.3, -0.25) is 0 Å². The van der Waals surface area contributed by atoms with Crippen molar-refractivity contribution in [3.63, 3.8) is 0 Å². The van der Waals surface area contributed by atoms with E-state index in [2.05, 4.69) is 10.3 Å². The van der Waals surface area contributed by atoms with Gasteiger partial charge in [0, 0.05) is 23.0 Å². The number of aromatic nitrogens is 1. The Labute approximate surface area is 121 Å². The molecule has 0 unspecified atom stereocenters. The van der Waals surface area contributed by atoms with Crippen LogP contribution >= 0.6 is 11.3 Å². The summed E-state index contributed by atoms with van der Waals surface area (Å²) in [4.78, 5) is 5.83. The Kier molecular flexibility index (Phi) is 3.72. The molecule has 2 aromatic rings. The lowest BCUT2D eigenvalue weighted by atomic mass is 10.2.